The highest BCUT2D eigenvalue weighted by Crippen LogP contribution is 2.25. The Bertz CT molecular complexity index is 898. The molecule has 1 aromatic carbocycles. The van der Waals surface area contributed by atoms with Gasteiger partial charge in [0.05, 0.1) is 11.8 Å². The molecule has 3 aromatic rings. The first-order chi connectivity index (χ1) is 12.2. The van der Waals surface area contributed by atoms with Crippen LogP contribution < -0.4 is 5.32 Å². The zero-order valence-electron chi connectivity index (χ0n) is 13.2. The average Bonchev–Trinajstić information content (AvgIpc) is 3.03. The molecular weight excluding hydrogens is 322 g/mol. The highest BCUT2D eigenvalue weighted by Gasteiger charge is 2.22. The Kier molecular flexibility index (Phi) is 4.85. The molecule has 0 aliphatic rings. The van der Waals surface area contributed by atoms with Crippen LogP contribution in [0.25, 0.3) is 11.1 Å². The molecule has 0 saturated carbocycles. The summed E-state index contributed by atoms with van der Waals surface area (Å²) < 4.78 is 5.66. The van der Waals surface area contributed by atoms with Gasteiger partial charge in [0.25, 0.3) is 0 Å². The molecule has 0 spiro atoms. The lowest BCUT2D eigenvalue weighted by Crippen LogP contribution is -2.10. The van der Waals surface area contributed by atoms with Crippen LogP contribution in [0.3, 0.4) is 0 Å². The Balaban J connectivity index is 1.78. The van der Waals surface area contributed by atoms with Crippen molar-refractivity contribution in [3.8, 4) is 6.07 Å². The molecule has 3 rings (SSSR count). The van der Waals surface area contributed by atoms with Crippen LogP contribution in [-0.2, 0) is 4.79 Å². The minimum atomic E-state index is -0.850. The number of nitriles is 1. The molecule has 0 radical (unpaired) electrons. The number of hydrogen-bond donors (Lipinski definition) is 2. The van der Waals surface area contributed by atoms with Gasteiger partial charge in [-0.25, -0.2) is 15.0 Å². The van der Waals surface area contributed by atoms with Crippen LogP contribution in [0, 0.1) is 11.3 Å². The van der Waals surface area contributed by atoms with E-state index in [4.69, 9.17) is 9.52 Å². The van der Waals surface area contributed by atoms with E-state index in [-0.39, 0.29) is 12.3 Å². The lowest BCUT2D eigenvalue weighted by Gasteiger charge is -2.07. The zero-order valence-corrected chi connectivity index (χ0v) is 13.2. The van der Waals surface area contributed by atoms with E-state index in [0.29, 0.717) is 35.7 Å². The molecule has 8 heteroatoms. The number of carboxylic acids is 1. The van der Waals surface area contributed by atoms with Crippen LogP contribution >= 0.6 is 0 Å². The van der Waals surface area contributed by atoms with Crippen molar-refractivity contribution >= 4 is 23.0 Å². The molecule has 0 saturated heterocycles. The lowest BCUT2D eigenvalue weighted by molar-refractivity contribution is -0.137. The Labute approximate surface area is 143 Å². The van der Waals surface area contributed by atoms with Crippen LogP contribution in [-0.4, -0.2) is 32.6 Å². The van der Waals surface area contributed by atoms with Crippen molar-refractivity contribution in [2.45, 2.75) is 18.8 Å². The largest absolute Gasteiger partial charge is 0.481 e. The minimum Gasteiger partial charge on any atom is -0.481 e. The highest BCUT2D eigenvalue weighted by molar-refractivity contribution is 5.72. The van der Waals surface area contributed by atoms with Crippen LogP contribution in [0.5, 0.6) is 0 Å². The fourth-order valence-electron chi connectivity index (χ4n) is 2.32. The summed E-state index contributed by atoms with van der Waals surface area (Å²) in [6, 6.07) is 11.1. The van der Waals surface area contributed by atoms with Gasteiger partial charge in [-0.05, 0) is 24.6 Å². The van der Waals surface area contributed by atoms with E-state index in [1.165, 1.54) is 6.20 Å². The Hall–Kier alpha value is -3.47. The summed E-state index contributed by atoms with van der Waals surface area (Å²) in [5.41, 5.74) is 1.75. The molecule has 25 heavy (non-hydrogen) atoms. The normalized spacial score (nSPS) is 11.8. The lowest BCUT2D eigenvalue weighted by atomic mass is 10.1. The average molecular weight is 337 g/mol. The summed E-state index contributed by atoms with van der Waals surface area (Å²) in [6.45, 7) is 0.426. The number of oxazole rings is 1. The number of carbonyl (C=O) groups is 1. The quantitative estimate of drug-likeness (QED) is 0.630. The van der Waals surface area contributed by atoms with Crippen molar-refractivity contribution < 1.29 is 14.3 Å². The molecule has 1 atom stereocenters. The SMILES string of the molecule is N#CC(c1ccnc(NCCCC(=O)O)n1)c1nc2ccccc2o1. The van der Waals surface area contributed by atoms with Gasteiger partial charge in [-0.3, -0.25) is 4.79 Å². The first-order valence-electron chi connectivity index (χ1n) is 7.71. The number of aliphatic carboxylic acids is 1. The van der Waals surface area contributed by atoms with E-state index < -0.39 is 11.9 Å². The highest BCUT2D eigenvalue weighted by atomic mass is 16.4. The van der Waals surface area contributed by atoms with Crippen LogP contribution in [0.1, 0.15) is 30.3 Å². The molecular formula is C17H15N5O3. The number of para-hydroxylation sites is 2. The summed E-state index contributed by atoms with van der Waals surface area (Å²) >= 11 is 0. The molecule has 0 fully saturated rings. The van der Waals surface area contributed by atoms with Gasteiger partial charge in [0, 0.05) is 19.2 Å². The summed E-state index contributed by atoms with van der Waals surface area (Å²) in [5, 5.41) is 21.1. The number of aromatic nitrogens is 3. The van der Waals surface area contributed by atoms with Crippen molar-refractivity contribution in [2.24, 2.45) is 0 Å². The monoisotopic (exact) mass is 337 g/mol. The molecule has 2 N–H and O–H groups in total. The maximum absolute atomic E-state index is 10.5. The molecule has 0 amide bonds. The number of benzene rings is 1. The third-order valence-corrected chi connectivity index (χ3v) is 3.51. The topological polar surface area (TPSA) is 125 Å². The smallest absolute Gasteiger partial charge is 0.303 e. The summed E-state index contributed by atoms with van der Waals surface area (Å²) in [5.74, 6) is -0.995. The second kappa shape index (κ2) is 7.40. The summed E-state index contributed by atoms with van der Waals surface area (Å²) in [6.07, 6.45) is 2.06. The number of nitrogens with one attached hydrogen (secondary N) is 1. The van der Waals surface area contributed by atoms with Gasteiger partial charge in [0.15, 0.2) is 11.5 Å². The van der Waals surface area contributed by atoms with Crippen molar-refractivity contribution in [3.05, 3.63) is 48.1 Å². The van der Waals surface area contributed by atoms with Crippen molar-refractivity contribution in [3.63, 3.8) is 0 Å². The van der Waals surface area contributed by atoms with Crippen molar-refractivity contribution in [1.29, 1.82) is 5.26 Å². The van der Waals surface area contributed by atoms with Crippen molar-refractivity contribution in [2.75, 3.05) is 11.9 Å². The molecule has 8 nitrogen and oxygen atoms in total. The first-order valence-corrected chi connectivity index (χ1v) is 7.71. The number of hydrogen-bond acceptors (Lipinski definition) is 7. The van der Waals surface area contributed by atoms with E-state index in [1.54, 1.807) is 12.1 Å². The second-order valence-corrected chi connectivity index (χ2v) is 5.31. The van der Waals surface area contributed by atoms with Gasteiger partial charge in [0.1, 0.15) is 5.52 Å². The molecule has 1 unspecified atom stereocenters. The number of anilines is 1. The molecule has 0 aliphatic carbocycles. The predicted octanol–water partition coefficient (Wildman–Crippen LogP) is 2.55. The third-order valence-electron chi connectivity index (χ3n) is 3.51. The number of fused-ring (bicyclic) bond motifs is 1. The van der Waals surface area contributed by atoms with Gasteiger partial charge < -0.3 is 14.8 Å². The van der Waals surface area contributed by atoms with Gasteiger partial charge in [-0.1, -0.05) is 12.1 Å². The molecule has 0 bridgehead atoms. The van der Waals surface area contributed by atoms with E-state index in [2.05, 4.69) is 26.3 Å². The standard InChI is InChI=1S/C17H15N5O3/c18-10-11(16-21-13-4-1-2-5-14(13)25-16)12-7-9-20-17(22-12)19-8-3-6-15(23)24/h1-2,4-5,7,9,11H,3,6,8H2,(H,23,24)(H,19,20,22). The van der Waals surface area contributed by atoms with E-state index >= 15 is 0 Å². The maximum atomic E-state index is 10.5. The first kappa shape index (κ1) is 16.4. The second-order valence-electron chi connectivity index (χ2n) is 5.31. The van der Waals surface area contributed by atoms with Crippen molar-refractivity contribution in [1.82, 2.24) is 15.0 Å². The van der Waals surface area contributed by atoms with Crippen LogP contribution in [0.15, 0.2) is 40.9 Å². The van der Waals surface area contributed by atoms with Gasteiger partial charge >= 0.3 is 5.97 Å². The van der Waals surface area contributed by atoms with E-state index in [0.717, 1.165) is 0 Å². The zero-order chi connectivity index (χ0) is 17.6. The number of carboxylic acid groups (broad SMARTS) is 1. The van der Waals surface area contributed by atoms with Gasteiger partial charge in [-0.15, -0.1) is 0 Å². The minimum absolute atomic E-state index is 0.0659. The Morgan fingerprint density at radius 1 is 1.32 bits per heavy atom. The Morgan fingerprint density at radius 3 is 2.92 bits per heavy atom. The van der Waals surface area contributed by atoms with Gasteiger partial charge in [-0.2, -0.15) is 5.26 Å². The fourth-order valence-corrected chi connectivity index (χ4v) is 2.32. The predicted molar refractivity (Wildman–Crippen MR) is 88.9 cm³/mol. The fraction of sp³-hybridized carbons (Fsp3) is 0.235. The van der Waals surface area contributed by atoms with E-state index in [9.17, 15) is 10.1 Å². The molecule has 0 aliphatic heterocycles. The van der Waals surface area contributed by atoms with Crippen LogP contribution in [0.2, 0.25) is 0 Å². The summed E-state index contributed by atoms with van der Waals surface area (Å²) in [7, 11) is 0. The van der Waals surface area contributed by atoms with Gasteiger partial charge in [0.2, 0.25) is 11.8 Å². The Morgan fingerprint density at radius 2 is 2.16 bits per heavy atom. The van der Waals surface area contributed by atoms with E-state index in [1.807, 2.05) is 18.2 Å². The number of rotatable bonds is 7. The molecule has 2 heterocycles. The summed E-state index contributed by atoms with van der Waals surface area (Å²) in [4.78, 5) is 23.3. The molecule has 126 valence electrons. The van der Waals surface area contributed by atoms with Crippen LogP contribution in [0.4, 0.5) is 5.95 Å². The molecule has 2 aromatic heterocycles. The third kappa shape index (κ3) is 3.90. The number of nitrogens with zero attached hydrogens (tertiary/aromatic N) is 4. The maximum Gasteiger partial charge on any atom is 0.303 e.